The molecular weight excluding hydrogens is 548 g/mol. The normalized spacial score (nSPS) is 21.6. The third kappa shape index (κ3) is 4.85. The number of carbonyl (C=O) groups excluding carboxylic acids is 1. The predicted octanol–water partition coefficient (Wildman–Crippen LogP) is 3.42. The molecular formula is C24H28BrClN8O2. The zero-order valence-electron chi connectivity index (χ0n) is 20.1. The van der Waals surface area contributed by atoms with Crippen molar-refractivity contribution >= 4 is 56.9 Å². The quantitative estimate of drug-likeness (QED) is 0.475. The molecule has 1 saturated carbocycles. The number of ether oxygens (including phenoxy) is 1. The predicted molar refractivity (Wildman–Crippen MR) is 143 cm³/mol. The summed E-state index contributed by atoms with van der Waals surface area (Å²) in [6, 6.07) is 8.18. The zero-order valence-corrected chi connectivity index (χ0v) is 22.5. The van der Waals surface area contributed by atoms with Gasteiger partial charge >= 0.3 is 0 Å². The van der Waals surface area contributed by atoms with Crippen LogP contribution in [-0.2, 0) is 9.53 Å². The number of halogens is 2. The summed E-state index contributed by atoms with van der Waals surface area (Å²) in [6.45, 7) is 4.81. The summed E-state index contributed by atoms with van der Waals surface area (Å²) < 4.78 is 7.79. The Bertz CT molecular complexity index is 1320. The first-order valence-electron chi connectivity index (χ1n) is 11.7. The average molecular weight is 576 g/mol. The first-order valence-corrected chi connectivity index (χ1v) is 12.5. The maximum atomic E-state index is 12.3. The van der Waals surface area contributed by atoms with Crippen LogP contribution in [0.25, 0.3) is 16.7 Å². The number of nitrogens with one attached hydrogen (secondary N) is 2. The number of nitriles is 1. The van der Waals surface area contributed by atoms with Gasteiger partial charge in [-0.2, -0.15) is 15.3 Å². The standard InChI is InChI=1S/C24H27BrN8O2.ClH/c1-24(22(34)27-2)6-5-16(12-24)29-23-28-14-18-20(25)31-33(21(18)30-23)17-3-4-19(15(11-17)13-26)32-7-9-35-10-8-32;/h3-4,11,14,16H,5-10,12H2,1-2H3,(H,27,34)(H,28,29,30);1H/t16-,24-;/m1./s1. The Morgan fingerprint density at radius 3 is 2.83 bits per heavy atom. The fourth-order valence-corrected chi connectivity index (χ4v) is 5.44. The average Bonchev–Trinajstić information content (AvgIpc) is 3.43. The summed E-state index contributed by atoms with van der Waals surface area (Å²) in [6.07, 6.45) is 4.12. The molecule has 10 nitrogen and oxygen atoms in total. The van der Waals surface area contributed by atoms with Crippen molar-refractivity contribution in [2.24, 2.45) is 5.41 Å². The van der Waals surface area contributed by atoms with E-state index in [2.05, 4.69) is 47.6 Å². The van der Waals surface area contributed by atoms with Crippen molar-refractivity contribution in [3.63, 3.8) is 0 Å². The van der Waals surface area contributed by atoms with E-state index in [4.69, 9.17) is 9.72 Å². The molecule has 2 N–H and O–H groups in total. The molecule has 2 aromatic heterocycles. The van der Waals surface area contributed by atoms with Crippen molar-refractivity contribution < 1.29 is 9.53 Å². The summed E-state index contributed by atoms with van der Waals surface area (Å²) in [7, 11) is 1.68. The first-order chi connectivity index (χ1) is 16.9. The van der Waals surface area contributed by atoms with Gasteiger partial charge in [0.05, 0.1) is 35.5 Å². The molecule has 1 amide bonds. The van der Waals surface area contributed by atoms with E-state index in [9.17, 15) is 10.1 Å². The molecule has 3 heterocycles. The van der Waals surface area contributed by atoms with Crippen molar-refractivity contribution in [1.82, 2.24) is 25.1 Å². The van der Waals surface area contributed by atoms with E-state index in [-0.39, 0.29) is 24.4 Å². The molecule has 2 fully saturated rings. The highest BCUT2D eigenvalue weighted by molar-refractivity contribution is 9.10. The molecule has 0 spiro atoms. The highest BCUT2D eigenvalue weighted by Gasteiger charge is 2.41. The molecule has 3 aromatic rings. The van der Waals surface area contributed by atoms with Gasteiger partial charge in [-0.05, 0) is 53.4 Å². The van der Waals surface area contributed by atoms with Crippen LogP contribution in [0.4, 0.5) is 11.6 Å². The molecule has 0 radical (unpaired) electrons. The van der Waals surface area contributed by atoms with Crippen LogP contribution in [0.3, 0.4) is 0 Å². The van der Waals surface area contributed by atoms with Crippen LogP contribution in [0.2, 0.25) is 0 Å². The highest BCUT2D eigenvalue weighted by atomic mass is 79.9. The van der Waals surface area contributed by atoms with Gasteiger partial charge in [-0.3, -0.25) is 4.79 Å². The molecule has 1 saturated heterocycles. The molecule has 1 aliphatic heterocycles. The number of anilines is 2. The lowest BCUT2D eigenvalue weighted by molar-refractivity contribution is -0.129. The number of fused-ring (bicyclic) bond motifs is 1. The number of nitrogens with zero attached hydrogens (tertiary/aromatic N) is 6. The van der Waals surface area contributed by atoms with E-state index >= 15 is 0 Å². The molecule has 2 atom stereocenters. The van der Waals surface area contributed by atoms with Gasteiger partial charge in [0.2, 0.25) is 11.9 Å². The van der Waals surface area contributed by atoms with Crippen molar-refractivity contribution in [3.8, 4) is 11.8 Å². The Morgan fingerprint density at radius 2 is 2.11 bits per heavy atom. The van der Waals surface area contributed by atoms with Gasteiger partial charge < -0.3 is 20.3 Å². The van der Waals surface area contributed by atoms with Crippen LogP contribution in [0, 0.1) is 16.7 Å². The molecule has 1 aromatic carbocycles. The number of benzene rings is 1. The summed E-state index contributed by atoms with van der Waals surface area (Å²) >= 11 is 3.52. The van der Waals surface area contributed by atoms with E-state index in [1.807, 2.05) is 25.1 Å². The largest absolute Gasteiger partial charge is 0.378 e. The van der Waals surface area contributed by atoms with E-state index in [0.717, 1.165) is 42.7 Å². The lowest BCUT2D eigenvalue weighted by Gasteiger charge is -2.29. The lowest BCUT2D eigenvalue weighted by Crippen LogP contribution is -2.36. The summed E-state index contributed by atoms with van der Waals surface area (Å²) in [5.74, 6) is 0.553. The molecule has 1 aliphatic carbocycles. The van der Waals surface area contributed by atoms with Crippen LogP contribution < -0.4 is 15.5 Å². The van der Waals surface area contributed by atoms with E-state index in [0.29, 0.717) is 41.4 Å². The first kappa shape index (κ1) is 26.1. The SMILES string of the molecule is CNC(=O)[C@]1(C)CC[C@@H](Nc2ncc3c(Br)nn(-c4ccc(N5CCOCC5)c(C#N)c4)c3n2)C1.Cl. The van der Waals surface area contributed by atoms with Gasteiger partial charge in [-0.25, -0.2) is 9.67 Å². The Balaban J connectivity index is 0.00000304. The molecule has 12 heteroatoms. The van der Waals surface area contributed by atoms with Crippen molar-refractivity contribution in [3.05, 3.63) is 34.6 Å². The molecule has 0 unspecified atom stereocenters. The molecule has 36 heavy (non-hydrogen) atoms. The van der Waals surface area contributed by atoms with Crippen molar-refractivity contribution in [2.45, 2.75) is 32.2 Å². The lowest BCUT2D eigenvalue weighted by atomic mass is 9.87. The Kier molecular flexibility index (Phi) is 7.68. The van der Waals surface area contributed by atoms with Gasteiger partial charge in [-0.1, -0.05) is 6.92 Å². The van der Waals surface area contributed by atoms with Gasteiger partial charge in [-0.15, -0.1) is 12.4 Å². The second kappa shape index (κ2) is 10.6. The number of aromatic nitrogens is 4. The van der Waals surface area contributed by atoms with Crippen LogP contribution in [-0.4, -0.2) is 65.0 Å². The van der Waals surface area contributed by atoms with E-state index in [1.165, 1.54) is 0 Å². The van der Waals surface area contributed by atoms with Crippen molar-refractivity contribution in [2.75, 3.05) is 43.6 Å². The summed E-state index contributed by atoms with van der Waals surface area (Å²) in [5, 5.41) is 21.4. The number of morpholine rings is 1. The smallest absolute Gasteiger partial charge is 0.225 e. The second-order valence-electron chi connectivity index (χ2n) is 9.27. The van der Waals surface area contributed by atoms with Crippen LogP contribution in [0.15, 0.2) is 29.0 Å². The molecule has 5 rings (SSSR count). The fourth-order valence-electron chi connectivity index (χ4n) is 5.00. The van der Waals surface area contributed by atoms with Gasteiger partial charge in [0, 0.05) is 37.8 Å². The van der Waals surface area contributed by atoms with Crippen LogP contribution >= 0.6 is 28.3 Å². The monoisotopic (exact) mass is 574 g/mol. The Morgan fingerprint density at radius 1 is 1.33 bits per heavy atom. The van der Waals surface area contributed by atoms with Gasteiger partial charge in [0.15, 0.2) is 5.65 Å². The highest BCUT2D eigenvalue weighted by Crippen LogP contribution is 2.39. The number of hydrogen-bond donors (Lipinski definition) is 2. The van der Waals surface area contributed by atoms with Crippen LogP contribution in [0.5, 0.6) is 0 Å². The number of amides is 1. The van der Waals surface area contributed by atoms with Gasteiger partial charge in [0.25, 0.3) is 0 Å². The third-order valence-electron chi connectivity index (χ3n) is 6.93. The molecule has 190 valence electrons. The molecule has 0 bridgehead atoms. The number of carbonyl (C=O) groups is 1. The Labute approximate surface area is 223 Å². The minimum atomic E-state index is -0.392. The third-order valence-corrected chi connectivity index (χ3v) is 7.51. The van der Waals surface area contributed by atoms with Crippen LogP contribution in [0.1, 0.15) is 31.7 Å². The maximum Gasteiger partial charge on any atom is 0.225 e. The topological polar surface area (TPSA) is 121 Å². The molecule has 2 aliphatic rings. The van der Waals surface area contributed by atoms with Gasteiger partial charge in [0.1, 0.15) is 10.7 Å². The summed E-state index contributed by atoms with van der Waals surface area (Å²) in [5.41, 5.74) is 2.46. The number of hydrogen-bond acceptors (Lipinski definition) is 8. The summed E-state index contributed by atoms with van der Waals surface area (Å²) in [4.78, 5) is 23.7. The Hall–Kier alpha value is -2.94. The zero-order chi connectivity index (χ0) is 24.6. The minimum Gasteiger partial charge on any atom is -0.378 e. The second-order valence-corrected chi connectivity index (χ2v) is 10.0. The van der Waals surface area contributed by atoms with E-state index in [1.54, 1.807) is 17.9 Å². The minimum absolute atomic E-state index is 0. The van der Waals surface area contributed by atoms with E-state index < -0.39 is 5.41 Å². The fraction of sp³-hybridized carbons (Fsp3) is 0.458. The number of rotatable bonds is 5. The van der Waals surface area contributed by atoms with Crippen molar-refractivity contribution in [1.29, 1.82) is 5.26 Å². The maximum absolute atomic E-state index is 12.3.